The summed E-state index contributed by atoms with van der Waals surface area (Å²) in [4.78, 5) is 9.51. The summed E-state index contributed by atoms with van der Waals surface area (Å²) in [6, 6.07) is 200. The maximum atomic E-state index is 2.51. The Morgan fingerprint density at radius 3 is 0.915 bits per heavy atom. The largest absolute Gasteiger partial charge is 0.311 e. The van der Waals surface area contributed by atoms with E-state index in [0.29, 0.717) is 0 Å². The fraction of sp³-hybridized carbons (Fsp3) is 0.0222. The molecule has 5 heterocycles. The molecule has 30 rings (SSSR count). The Hall–Kier alpha value is -18.4. The highest BCUT2D eigenvalue weighted by Crippen LogP contribution is 2.68. The molecule has 0 bridgehead atoms. The van der Waals surface area contributed by atoms with Crippen molar-refractivity contribution in [3.63, 3.8) is 0 Å². The molecule has 0 saturated carbocycles. The van der Waals surface area contributed by atoms with E-state index in [-0.39, 0.29) is 0 Å². The summed E-state index contributed by atoms with van der Waals surface area (Å²) in [5.41, 5.74) is 46.2. The van der Waals surface area contributed by atoms with Crippen molar-refractivity contribution in [3.05, 3.63) is 613 Å². The third-order valence-electron chi connectivity index (χ3n) is 30.6. The van der Waals surface area contributed by atoms with Crippen LogP contribution >= 0.6 is 0 Å². The highest BCUT2D eigenvalue weighted by atomic mass is 15.2. The number of rotatable bonds is 11. The van der Waals surface area contributed by atoms with Gasteiger partial charge >= 0.3 is 0 Å². The number of benzene rings is 22. The quantitative estimate of drug-likeness (QED) is 0.129. The fourth-order valence-corrected chi connectivity index (χ4v) is 25.2. The minimum absolute atomic E-state index is 0.430. The molecular weight excluding hydrogens is 1710 g/mol. The Kier molecular flexibility index (Phi) is 18.6. The van der Waals surface area contributed by atoms with Crippen molar-refractivity contribution >= 4 is 112 Å². The summed E-state index contributed by atoms with van der Waals surface area (Å²) >= 11 is 0. The SMILES string of the molecule is c1ccc(N(c2ccccc2)c2ccc(-c3ccc4c(c3)-c3ccccc3C43c4ccccc4-n4c5ccccc5c5cccc3c54)cc2)cc1.c1ccc(N(c2ccccc2)c2ccc3c(c2)-c2ccccc2C32c3ccccc3-n3c4ccccc4c4cccc2c43)cc1.c1ccc(N(c2ccccc2)c2cccc3c2-c2ccccc2C32c3ccccc3N(c3ccccc3)c3ccccc32)cc1. The topological polar surface area (TPSA) is 22.8 Å². The number of hydrogen-bond donors (Lipinski definition) is 0. The van der Waals surface area contributed by atoms with Gasteiger partial charge in [-0.05, 0) is 263 Å². The van der Waals surface area contributed by atoms with Crippen LogP contribution in [-0.2, 0) is 16.2 Å². The predicted molar refractivity (Wildman–Crippen MR) is 585 cm³/mol. The van der Waals surface area contributed by atoms with E-state index in [1.165, 1.54) is 183 Å². The average molecular weight is 1800 g/mol. The lowest BCUT2D eigenvalue weighted by Gasteiger charge is -2.45. The molecule has 0 fully saturated rings. The Balaban J connectivity index is 0.000000104. The Morgan fingerprint density at radius 1 is 0.163 bits per heavy atom. The highest BCUT2D eigenvalue weighted by molar-refractivity contribution is 6.15. The van der Waals surface area contributed by atoms with Crippen LogP contribution in [0.3, 0.4) is 0 Å². The number of aromatic nitrogens is 2. The molecule has 0 saturated heterocycles. The van der Waals surface area contributed by atoms with Crippen molar-refractivity contribution in [1.29, 1.82) is 0 Å². The molecule has 660 valence electrons. The summed E-state index contributed by atoms with van der Waals surface area (Å²) < 4.78 is 5.01. The van der Waals surface area contributed by atoms with Gasteiger partial charge in [-0.25, -0.2) is 0 Å². The van der Waals surface area contributed by atoms with E-state index < -0.39 is 16.2 Å². The van der Waals surface area contributed by atoms with Gasteiger partial charge in [0.15, 0.2) is 0 Å². The number of fused-ring (bicyclic) bond motifs is 33. The predicted octanol–water partition coefficient (Wildman–Crippen LogP) is 34.8. The lowest BCUT2D eigenvalue weighted by Crippen LogP contribution is -2.36. The van der Waals surface area contributed by atoms with Gasteiger partial charge in [0, 0.05) is 78.3 Å². The molecule has 0 amide bonds. The second-order valence-corrected chi connectivity index (χ2v) is 37.5. The number of anilines is 12. The van der Waals surface area contributed by atoms with Crippen LogP contribution in [-0.4, -0.2) is 9.13 Å². The van der Waals surface area contributed by atoms with Crippen molar-refractivity contribution in [3.8, 4) is 55.9 Å². The standard InChI is InChI=1S/C49H32N2.C43H28N2.C43H30N2/c1-3-14-35(15-4-1)50(36-16-5-2-6-17-36)37-29-26-33(27-30-37)34-28-31-43-41(32-34)38-18-7-9-21-42(38)49(43)44-22-10-12-25-47(44)51-46-24-11-8-19-39(46)40-20-13-23-45(49)48(40)51;1-3-14-29(15-4-1)44(30-16-5-2-6-17-30)31-26-27-37-35(28-31)32-18-7-9-21-36(32)43(37)38-22-10-12-25-41(38)45-40-24-11-8-19-33(40)34-20-13-23-39(43)42(34)45;1-4-17-31(18-5-1)44(32-19-6-2-7-20-32)41-30-16-27-38-42(41)34-23-10-11-24-35(34)43(38)36-25-12-14-28-39(36)45(33-21-8-3-9-22-33)40-29-15-13-26-37(40)43/h1-32H;1-28H;1-30H. The first-order valence-corrected chi connectivity index (χ1v) is 48.9. The van der Waals surface area contributed by atoms with E-state index >= 15 is 0 Å². The molecule has 6 aliphatic rings. The summed E-state index contributed by atoms with van der Waals surface area (Å²) in [5.74, 6) is 0. The lowest BCUT2D eigenvalue weighted by atomic mass is 9.64. The average Bonchev–Trinajstić information content (AvgIpc) is 1.52. The molecule has 3 aliphatic heterocycles. The summed E-state index contributed by atoms with van der Waals surface area (Å²) in [5, 5.41) is 5.20. The van der Waals surface area contributed by atoms with Crippen LogP contribution in [0.25, 0.3) is 99.5 Å². The van der Waals surface area contributed by atoms with Crippen molar-refractivity contribution in [2.75, 3.05) is 19.6 Å². The molecule has 2 unspecified atom stereocenters. The van der Waals surface area contributed by atoms with Crippen molar-refractivity contribution < 1.29 is 0 Å². The molecule has 24 aromatic rings. The van der Waals surface area contributed by atoms with Crippen molar-refractivity contribution in [2.45, 2.75) is 16.2 Å². The van der Waals surface area contributed by atoms with Gasteiger partial charge in [0.2, 0.25) is 0 Å². The minimum Gasteiger partial charge on any atom is -0.311 e. The number of hydrogen-bond acceptors (Lipinski definition) is 4. The summed E-state index contributed by atoms with van der Waals surface area (Å²) in [6.45, 7) is 0. The minimum atomic E-state index is -0.487. The monoisotopic (exact) mass is 1790 g/mol. The molecule has 0 N–H and O–H groups in total. The molecule has 2 aromatic heterocycles. The van der Waals surface area contributed by atoms with E-state index in [2.05, 4.69) is 575 Å². The van der Waals surface area contributed by atoms with E-state index in [9.17, 15) is 0 Å². The smallest absolute Gasteiger partial charge is 0.0755 e. The Morgan fingerprint density at radius 2 is 0.454 bits per heavy atom. The van der Waals surface area contributed by atoms with Crippen LogP contribution in [0.5, 0.6) is 0 Å². The molecule has 2 atom stereocenters. The van der Waals surface area contributed by atoms with Gasteiger partial charge in [0.05, 0.1) is 66.7 Å². The van der Waals surface area contributed by atoms with E-state index in [4.69, 9.17) is 0 Å². The normalized spacial score (nSPS) is 14.8. The van der Waals surface area contributed by atoms with E-state index in [0.717, 1.165) is 51.2 Å². The zero-order valence-electron chi connectivity index (χ0n) is 77.1. The van der Waals surface area contributed by atoms with Crippen LogP contribution in [0.1, 0.15) is 66.8 Å². The maximum absolute atomic E-state index is 2.51. The lowest BCUT2D eigenvalue weighted by molar-refractivity contribution is 0.748. The van der Waals surface area contributed by atoms with Gasteiger partial charge in [0.1, 0.15) is 0 Å². The van der Waals surface area contributed by atoms with Crippen LogP contribution in [0.4, 0.5) is 68.2 Å². The molecule has 22 aromatic carbocycles. The molecule has 3 spiro atoms. The second kappa shape index (κ2) is 32.4. The molecule has 141 heavy (non-hydrogen) atoms. The van der Waals surface area contributed by atoms with Crippen molar-refractivity contribution in [1.82, 2.24) is 9.13 Å². The van der Waals surface area contributed by atoms with Crippen molar-refractivity contribution in [2.24, 2.45) is 0 Å². The third-order valence-corrected chi connectivity index (χ3v) is 30.6. The first-order chi connectivity index (χ1) is 70.0. The van der Waals surface area contributed by atoms with Gasteiger partial charge in [0.25, 0.3) is 0 Å². The van der Waals surface area contributed by atoms with Gasteiger partial charge in [-0.15, -0.1) is 0 Å². The molecule has 3 aliphatic carbocycles. The number of para-hydroxylation sites is 15. The zero-order valence-corrected chi connectivity index (χ0v) is 77.1. The second-order valence-electron chi connectivity index (χ2n) is 37.5. The first-order valence-electron chi connectivity index (χ1n) is 48.9. The maximum Gasteiger partial charge on any atom is 0.0755 e. The van der Waals surface area contributed by atoms with Gasteiger partial charge in [-0.1, -0.05) is 388 Å². The zero-order chi connectivity index (χ0) is 92.9. The van der Waals surface area contributed by atoms with Crippen LogP contribution in [0.2, 0.25) is 0 Å². The summed E-state index contributed by atoms with van der Waals surface area (Å²) in [6.07, 6.45) is 0. The van der Waals surface area contributed by atoms with Crippen LogP contribution < -0.4 is 19.6 Å². The Labute approximate surface area is 819 Å². The van der Waals surface area contributed by atoms with E-state index in [1.807, 2.05) is 0 Å². The Bertz CT molecular complexity index is 8900. The van der Waals surface area contributed by atoms with Gasteiger partial charge in [-0.3, -0.25) is 0 Å². The molecule has 0 radical (unpaired) electrons. The van der Waals surface area contributed by atoms with Gasteiger partial charge < -0.3 is 28.7 Å². The van der Waals surface area contributed by atoms with Gasteiger partial charge in [-0.2, -0.15) is 0 Å². The summed E-state index contributed by atoms with van der Waals surface area (Å²) in [7, 11) is 0. The van der Waals surface area contributed by atoms with Crippen LogP contribution in [0, 0.1) is 0 Å². The first kappa shape index (κ1) is 81.0. The highest BCUT2D eigenvalue weighted by Gasteiger charge is 2.56. The number of nitrogens with zero attached hydrogens (tertiary/aromatic N) is 6. The fourth-order valence-electron chi connectivity index (χ4n) is 25.2. The molecular formula is C135H90N6. The third kappa shape index (κ3) is 11.9. The van der Waals surface area contributed by atoms with Crippen LogP contribution in [0.15, 0.2) is 546 Å². The molecule has 6 heteroatoms. The molecule has 6 nitrogen and oxygen atoms in total. The van der Waals surface area contributed by atoms with E-state index in [1.54, 1.807) is 0 Å².